The van der Waals surface area contributed by atoms with Crippen molar-refractivity contribution in [3.63, 3.8) is 0 Å². The van der Waals surface area contributed by atoms with E-state index in [1.165, 1.54) is 27.3 Å². The Morgan fingerprint density at radius 1 is 1.12 bits per heavy atom. The van der Waals surface area contributed by atoms with Crippen molar-refractivity contribution in [1.82, 2.24) is 14.5 Å². The number of hydrogen-bond acceptors (Lipinski definition) is 7. The van der Waals surface area contributed by atoms with Gasteiger partial charge in [-0.3, -0.25) is 4.72 Å². The van der Waals surface area contributed by atoms with Crippen LogP contribution >= 0.6 is 0 Å². The minimum absolute atomic E-state index is 0.0950. The lowest BCUT2D eigenvalue weighted by Gasteiger charge is -2.12. The maximum atomic E-state index is 11.7. The summed E-state index contributed by atoms with van der Waals surface area (Å²) in [6, 6.07) is 9.71. The normalized spacial score (nSPS) is 11.2. The molecule has 2 N–H and O–H groups in total. The summed E-state index contributed by atoms with van der Waals surface area (Å²) in [6.07, 6.45) is 0. The number of benzene rings is 1. The van der Waals surface area contributed by atoms with E-state index in [-0.39, 0.29) is 5.82 Å². The summed E-state index contributed by atoms with van der Waals surface area (Å²) < 4.78 is 31.3. The van der Waals surface area contributed by atoms with Crippen molar-refractivity contribution < 1.29 is 17.9 Å². The molecule has 9 nitrogen and oxygen atoms in total. The molecule has 24 heavy (non-hydrogen) atoms. The van der Waals surface area contributed by atoms with Crippen LogP contribution in [0.25, 0.3) is 0 Å². The van der Waals surface area contributed by atoms with Gasteiger partial charge in [-0.2, -0.15) is 12.7 Å². The second kappa shape index (κ2) is 7.23. The fraction of sp³-hybridized carbons (Fsp3) is 0.214. The summed E-state index contributed by atoms with van der Waals surface area (Å²) in [5, 5.41) is 10.7. The highest BCUT2D eigenvalue weighted by Crippen LogP contribution is 2.17. The Labute approximate surface area is 139 Å². The molecule has 0 atom stereocenters. The van der Waals surface area contributed by atoms with E-state index in [1.54, 1.807) is 30.3 Å². The van der Waals surface area contributed by atoms with E-state index in [0.717, 1.165) is 4.31 Å². The molecular formula is C14H17N5O4S. The number of carbonyl (C=O) groups is 1. The molecular weight excluding hydrogens is 334 g/mol. The summed E-state index contributed by atoms with van der Waals surface area (Å²) in [7, 11) is 0.480. The van der Waals surface area contributed by atoms with Gasteiger partial charge in [0.1, 0.15) is 0 Å². The molecule has 1 aromatic carbocycles. The largest absolute Gasteiger partial charge is 0.465 e. The number of esters is 1. The Kier molecular flexibility index (Phi) is 5.31. The minimum atomic E-state index is -3.63. The average Bonchev–Trinajstić information content (AvgIpc) is 2.56. The maximum Gasteiger partial charge on any atom is 0.337 e. The molecule has 1 aromatic heterocycles. The van der Waals surface area contributed by atoms with E-state index in [4.69, 9.17) is 0 Å². The van der Waals surface area contributed by atoms with Crippen molar-refractivity contribution >= 4 is 33.5 Å². The molecule has 0 fully saturated rings. The van der Waals surface area contributed by atoms with E-state index in [9.17, 15) is 13.2 Å². The third kappa shape index (κ3) is 4.40. The number of rotatable bonds is 6. The average molecular weight is 351 g/mol. The van der Waals surface area contributed by atoms with Gasteiger partial charge in [-0.15, -0.1) is 10.2 Å². The topological polar surface area (TPSA) is 114 Å². The van der Waals surface area contributed by atoms with Gasteiger partial charge < -0.3 is 10.1 Å². The molecule has 0 saturated heterocycles. The molecule has 0 amide bonds. The summed E-state index contributed by atoms with van der Waals surface area (Å²) >= 11 is 0. The van der Waals surface area contributed by atoms with Gasteiger partial charge >= 0.3 is 16.2 Å². The lowest BCUT2D eigenvalue weighted by Crippen LogP contribution is -2.29. The fourth-order valence-electron chi connectivity index (χ4n) is 1.67. The first-order valence-electron chi connectivity index (χ1n) is 6.81. The van der Waals surface area contributed by atoms with Crippen molar-refractivity contribution in [3.05, 3.63) is 42.0 Å². The molecule has 0 unspecified atom stereocenters. The van der Waals surface area contributed by atoms with Crippen LogP contribution in [0.15, 0.2) is 36.4 Å². The molecule has 128 valence electrons. The molecule has 0 aliphatic rings. The van der Waals surface area contributed by atoms with Crippen LogP contribution in [0.5, 0.6) is 0 Å². The molecule has 2 aromatic rings. The summed E-state index contributed by atoms with van der Waals surface area (Å²) in [5.41, 5.74) is 1.01. The highest BCUT2D eigenvalue weighted by atomic mass is 32.2. The first-order chi connectivity index (χ1) is 11.3. The van der Waals surface area contributed by atoms with Crippen LogP contribution in [-0.4, -0.2) is 50.1 Å². The van der Waals surface area contributed by atoms with Crippen LogP contribution in [0, 0.1) is 0 Å². The summed E-state index contributed by atoms with van der Waals surface area (Å²) in [4.78, 5) is 11.5. The summed E-state index contributed by atoms with van der Waals surface area (Å²) in [6.45, 7) is 0. The molecule has 0 radical (unpaired) electrons. The van der Waals surface area contributed by atoms with Crippen molar-refractivity contribution in [3.8, 4) is 0 Å². The molecule has 0 spiro atoms. The van der Waals surface area contributed by atoms with Gasteiger partial charge in [0, 0.05) is 19.8 Å². The van der Waals surface area contributed by atoms with E-state index in [2.05, 4.69) is 25.0 Å². The predicted molar refractivity (Wildman–Crippen MR) is 89.3 cm³/mol. The van der Waals surface area contributed by atoms with Gasteiger partial charge in [0.05, 0.1) is 12.7 Å². The van der Waals surface area contributed by atoms with Gasteiger partial charge in [0.25, 0.3) is 0 Å². The highest BCUT2D eigenvalue weighted by molar-refractivity contribution is 7.90. The quantitative estimate of drug-likeness (QED) is 0.752. The van der Waals surface area contributed by atoms with Crippen molar-refractivity contribution in [2.45, 2.75) is 0 Å². The zero-order valence-corrected chi connectivity index (χ0v) is 14.2. The second-order valence-corrected chi connectivity index (χ2v) is 6.78. The van der Waals surface area contributed by atoms with Crippen LogP contribution in [0.1, 0.15) is 10.4 Å². The molecule has 2 rings (SSSR count). The third-order valence-corrected chi connectivity index (χ3v) is 4.36. The molecule has 10 heteroatoms. The number of methoxy groups -OCH3 is 1. The van der Waals surface area contributed by atoms with Crippen LogP contribution < -0.4 is 10.0 Å². The van der Waals surface area contributed by atoms with Crippen LogP contribution in [0.3, 0.4) is 0 Å². The van der Waals surface area contributed by atoms with Crippen molar-refractivity contribution in [1.29, 1.82) is 0 Å². The Bertz CT molecular complexity index is 821. The third-order valence-electron chi connectivity index (χ3n) is 2.93. The van der Waals surface area contributed by atoms with E-state index >= 15 is 0 Å². The van der Waals surface area contributed by atoms with Gasteiger partial charge in [-0.05, 0) is 30.3 Å². The van der Waals surface area contributed by atoms with Gasteiger partial charge in [0.15, 0.2) is 11.6 Å². The van der Waals surface area contributed by atoms with E-state index < -0.39 is 16.2 Å². The van der Waals surface area contributed by atoms with Gasteiger partial charge in [0.2, 0.25) is 0 Å². The Morgan fingerprint density at radius 2 is 1.79 bits per heavy atom. The smallest absolute Gasteiger partial charge is 0.337 e. The number of hydrogen-bond donors (Lipinski definition) is 2. The Morgan fingerprint density at radius 3 is 2.38 bits per heavy atom. The molecule has 0 aliphatic carbocycles. The Balaban J connectivity index is 2.11. The second-order valence-electron chi connectivity index (χ2n) is 4.89. The molecule has 0 bridgehead atoms. The van der Waals surface area contributed by atoms with Gasteiger partial charge in [-0.25, -0.2) is 4.79 Å². The first kappa shape index (κ1) is 17.6. The SMILES string of the molecule is COC(=O)c1cccc(Nc2ccc(NS(=O)(=O)N(C)C)nn2)c1. The lowest BCUT2D eigenvalue weighted by molar-refractivity contribution is 0.0601. The minimum Gasteiger partial charge on any atom is -0.465 e. The number of ether oxygens (including phenoxy) is 1. The Hall–Kier alpha value is -2.72. The van der Waals surface area contributed by atoms with Crippen molar-refractivity contribution in [2.24, 2.45) is 0 Å². The zero-order valence-electron chi connectivity index (χ0n) is 13.3. The van der Waals surface area contributed by atoms with E-state index in [1.807, 2.05) is 0 Å². The molecule has 0 aliphatic heterocycles. The van der Waals surface area contributed by atoms with Gasteiger partial charge in [-0.1, -0.05) is 6.07 Å². The first-order valence-corrected chi connectivity index (χ1v) is 8.25. The molecule has 1 heterocycles. The van der Waals surface area contributed by atoms with Crippen LogP contribution in [0.2, 0.25) is 0 Å². The van der Waals surface area contributed by atoms with Crippen molar-refractivity contribution in [2.75, 3.05) is 31.2 Å². The monoisotopic (exact) mass is 351 g/mol. The van der Waals surface area contributed by atoms with Crippen LogP contribution in [0.4, 0.5) is 17.3 Å². The highest BCUT2D eigenvalue weighted by Gasteiger charge is 2.14. The number of anilines is 3. The predicted octanol–water partition coefficient (Wildman–Crippen LogP) is 1.23. The standard InChI is InChI=1S/C14H17N5O4S/c1-19(2)24(21,22)18-13-8-7-12(16-17-13)15-11-6-4-5-10(9-11)14(20)23-3/h4-9H,1-3H3,(H,15,16)(H,17,18). The lowest BCUT2D eigenvalue weighted by atomic mass is 10.2. The summed E-state index contributed by atoms with van der Waals surface area (Å²) in [5.74, 6) is 0.0422. The number of nitrogens with zero attached hydrogens (tertiary/aromatic N) is 3. The zero-order chi connectivity index (χ0) is 17.7. The number of aromatic nitrogens is 2. The van der Waals surface area contributed by atoms with Crippen LogP contribution in [-0.2, 0) is 14.9 Å². The fourth-order valence-corrected chi connectivity index (χ4v) is 2.22. The number of nitrogens with one attached hydrogen (secondary N) is 2. The molecule has 0 saturated carbocycles. The maximum absolute atomic E-state index is 11.7. The number of carbonyl (C=O) groups excluding carboxylic acids is 1. The van der Waals surface area contributed by atoms with E-state index in [0.29, 0.717) is 17.1 Å².